The Kier molecular flexibility index (Phi) is 6.39. The first-order valence-electron chi connectivity index (χ1n) is 11.4. The number of aromatic nitrogens is 5. The number of alkyl halides is 3. The first-order valence-corrected chi connectivity index (χ1v) is 11.4. The summed E-state index contributed by atoms with van der Waals surface area (Å²) in [5, 5.41) is 8.02. The molecule has 2 aromatic carbocycles. The number of rotatable bonds is 6. The lowest BCUT2D eigenvalue weighted by Gasteiger charge is -2.15. The summed E-state index contributed by atoms with van der Waals surface area (Å²) in [5.74, 6) is -1.25. The first-order chi connectivity index (χ1) is 18.2. The van der Waals surface area contributed by atoms with Crippen molar-refractivity contribution in [1.29, 1.82) is 0 Å². The van der Waals surface area contributed by atoms with E-state index in [0.717, 1.165) is 6.07 Å². The number of aryl methyl sites for hydroxylation is 1. The molecule has 3 heterocycles. The molecule has 1 unspecified atom stereocenters. The van der Waals surface area contributed by atoms with Crippen LogP contribution in [0.5, 0.6) is 0 Å². The van der Waals surface area contributed by atoms with Gasteiger partial charge in [-0.2, -0.15) is 18.3 Å². The van der Waals surface area contributed by atoms with Crippen molar-refractivity contribution in [3.8, 4) is 34.0 Å². The Morgan fingerprint density at radius 1 is 1.05 bits per heavy atom. The summed E-state index contributed by atoms with van der Waals surface area (Å²) in [6, 6.07) is 9.74. The quantitative estimate of drug-likeness (QED) is 0.207. The molecule has 0 bridgehead atoms. The van der Waals surface area contributed by atoms with E-state index in [2.05, 4.69) is 20.2 Å². The topological polar surface area (TPSA) is 95.9 Å². The van der Waals surface area contributed by atoms with Crippen LogP contribution < -0.4 is 0 Å². The molecular formula is C26H19F4N5O3. The van der Waals surface area contributed by atoms with E-state index in [0.29, 0.717) is 17.0 Å². The molecular weight excluding hydrogens is 506 g/mol. The summed E-state index contributed by atoms with van der Waals surface area (Å²) in [7, 11) is 0. The minimum Gasteiger partial charge on any atom is -0.464 e. The third-order valence-corrected chi connectivity index (χ3v) is 5.73. The van der Waals surface area contributed by atoms with Gasteiger partial charge >= 0.3 is 12.1 Å². The summed E-state index contributed by atoms with van der Waals surface area (Å²) in [4.78, 5) is 21.6. The third-order valence-electron chi connectivity index (χ3n) is 5.73. The fourth-order valence-corrected chi connectivity index (χ4v) is 3.98. The SMILES string of the molecule is CCOC(=O)C(c1cc(-c2ccc(C)cc2C(F)(F)F)no1)n1cc2nc(-c3ccccc3F)nc-2cn1. The highest BCUT2D eigenvalue weighted by atomic mass is 19.4. The smallest absolute Gasteiger partial charge is 0.417 e. The number of hydrogen-bond acceptors (Lipinski definition) is 7. The molecule has 12 heteroatoms. The van der Waals surface area contributed by atoms with Crippen molar-refractivity contribution < 1.29 is 31.6 Å². The lowest BCUT2D eigenvalue weighted by atomic mass is 10.0. The number of halogens is 4. The second-order valence-corrected chi connectivity index (χ2v) is 8.37. The highest BCUT2D eigenvalue weighted by Gasteiger charge is 2.36. The Bertz CT molecular complexity index is 1590. The molecule has 0 amide bonds. The third kappa shape index (κ3) is 4.72. The van der Waals surface area contributed by atoms with Gasteiger partial charge in [-0.15, -0.1) is 0 Å². The van der Waals surface area contributed by atoms with Crippen molar-refractivity contribution in [1.82, 2.24) is 24.9 Å². The number of esters is 1. The van der Waals surface area contributed by atoms with Gasteiger partial charge in [-0.1, -0.05) is 35.0 Å². The molecule has 1 aromatic heterocycles. The van der Waals surface area contributed by atoms with Gasteiger partial charge in [-0.25, -0.2) is 23.8 Å². The van der Waals surface area contributed by atoms with Gasteiger partial charge in [0.25, 0.3) is 0 Å². The van der Waals surface area contributed by atoms with Crippen molar-refractivity contribution >= 4 is 5.97 Å². The van der Waals surface area contributed by atoms with E-state index in [1.165, 1.54) is 47.4 Å². The lowest BCUT2D eigenvalue weighted by molar-refractivity contribution is -0.146. The van der Waals surface area contributed by atoms with Gasteiger partial charge < -0.3 is 9.26 Å². The predicted molar refractivity (Wildman–Crippen MR) is 126 cm³/mol. The Morgan fingerprint density at radius 3 is 2.55 bits per heavy atom. The summed E-state index contributed by atoms with van der Waals surface area (Å²) in [6.07, 6.45) is -1.91. The molecule has 0 radical (unpaired) electrons. The number of carbonyl (C=O) groups is 1. The molecule has 0 saturated carbocycles. The number of ether oxygens (including phenoxy) is 1. The molecule has 3 aromatic rings. The van der Waals surface area contributed by atoms with Crippen LogP contribution in [0.25, 0.3) is 34.0 Å². The zero-order chi connectivity index (χ0) is 27.0. The number of imidazole rings is 1. The fraction of sp³-hybridized carbons (Fsp3) is 0.192. The number of benzene rings is 2. The second kappa shape index (κ2) is 9.69. The van der Waals surface area contributed by atoms with Crippen LogP contribution in [0.2, 0.25) is 0 Å². The molecule has 2 aliphatic rings. The van der Waals surface area contributed by atoms with Crippen molar-refractivity contribution in [2.24, 2.45) is 0 Å². The summed E-state index contributed by atoms with van der Waals surface area (Å²) in [6.45, 7) is 3.18. The van der Waals surface area contributed by atoms with Gasteiger partial charge in [0.1, 0.15) is 22.9 Å². The predicted octanol–water partition coefficient (Wildman–Crippen LogP) is 5.72. The van der Waals surface area contributed by atoms with Crippen LogP contribution in [0.15, 0.2) is 65.4 Å². The van der Waals surface area contributed by atoms with E-state index in [9.17, 15) is 22.4 Å². The van der Waals surface area contributed by atoms with Crippen LogP contribution in [0, 0.1) is 12.7 Å². The molecule has 0 saturated heterocycles. The molecule has 0 fully saturated rings. The molecule has 1 atom stereocenters. The molecule has 38 heavy (non-hydrogen) atoms. The number of carbonyl (C=O) groups excluding carboxylic acids is 1. The molecule has 0 N–H and O–H groups in total. The van der Waals surface area contributed by atoms with Crippen LogP contribution in [0.3, 0.4) is 0 Å². The molecule has 0 spiro atoms. The Balaban J connectivity index is 1.57. The van der Waals surface area contributed by atoms with Crippen LogP contribution in [0.1, 0.15) is 29.9 Å². The Hall–Kier alpha value is -4.61. The molecule has 5 rings (SSSR count). The van der Waals surface area contributed by atoms with Crippen LogP contribution >= 0.6 is 0 Å². The minimum atomic E-state index is -4.63. The van der Waals surface area contributed by atoms with Crippen molar-refractivity contribution in [3.63, 3.8) is 0 Å². The molecule has 0 aliphatic carbocycles. The number of nitrogens with zero attached hydrogens (tertiary/aromatic N) is 5. The van der Waals surface area contributed by atoms with Crippen molar-refractivity contribution in [2.75, 3.05) is 6.61 Å². The van der Waals surface area contributed by atoms with Crippen LogP contribution in [-0.2, 0) is 15.7 Å². The van der Waals surface area contributed by atoms with Gasteiger partial charge in [-0.3, -0.25) is 0 Å². The maximum Gasteiger partial charge on any atom is 0.417 e. The first kappa shape index (κ1) is 25.1. The maximum absolute atomic E-state index is 14.2. The van der Waals surface area contributed by atoms with E-state index < -0.39 is 29.6 Å². The van der Waals surface area contributed by atoms with Crippen molar-refractivity contribution in [3.05, 3.63) is 83.6 Å². The van der Waals surface area contributed by atoms with Crippen LogP contribution in [0.4, 0.5) is 17.6 Å². The van der Waals surface area contributed by atoms with Crippen molar-refractivity contribution in [2.45, 2.75) is 26.1 Å². The van der Waals surface area contributed by atoms with E-state index in [1.54, 1.807) is 26.0 Å². The number of hydrogen-bond donors (Lipinski definition) is 0. The highest BCUT2D eigenvalue weighted by molar-refractivity contribution is 5.78. The zero-order valence-corrected chi connectivity index (χ0v) is 20.0. The molecule has 194 valence electrons. The fourth-order valence-electron chi connectivity index (χ4n) is 3.98. The highest BCUT2D eigenvalue weighted by Crippen LogP contribution is 2.38. The average Bonchev–Trinajstić information content (AvgIpc) is 3.51. The lowest BCUT2D eigenvalue weighted by Crippen LogP contribution is -2.24. The normalized spacial score (nSPS) is 12.6. The van der Waals surface area contributed by atoms with Gasteiger partial charge in [0, 0.05) is 11.6 Å². The minimum absolute atomic E-state index is 0.0307. The summed E-state index contributed by atoms with van der Waals surface area (Å²) >= 11 is 0. The van der Waals surface area contributed by atoms with E-state index in [1.807, 2.05) is 0 Å². The van der Waals surface area contributed by atoms with Gasteiger partial charge in [0.05, 0.1) is 30.1 Å². The van der Waals surface area contributed by atoms with Gasteiger partial charge in [0.2, 0.25) is 6.04 Å². The Labute approximate surface area is 213 Å². The standard InChI is InChI=1S/C26H19F4N5O3/c1-3-37-25(36)23(22-11-19(34-38-22)15-9-8-14(2)10-17(15)26(28,29)30)35-13-21-20(12-31-35)32-24(33-21)16-6-4-5-7-18(16)27/h4-13,23H,3H2,1-2H3. The number of fused-ring (bicyclic) bond motifs is 1. The Morgan fingerprint density at radius 2 is 1.82 bits per heavy atom. The van der Waals surface area contributed by atoms with Crippen LogP contribution in [-0.4, -0.2) is 37.5 Å². The summed E-state index contributed by atoms with van der Waals surface area (Å²) < 4.78 is 67.0. The monoisotopic (exact) mass is 525 g/mol. The van der Waals surface area contributed by atoms with E-state index in [4.69, 9.17) is 9.26 Å². The average molecular weight is 525 g/mol. The maximum atomic E-state index is 14.2. The largest absolute Gasteiger partial charge is 0.464 e. The van der Waals surface area contributed by atoms with E-state index >= 15 is 0 Å². The second-order valence-electron chi connectivity index (χ2n) is 8.37. The zero-order valence-electron chi connectivity index (χ0n) is 20.0. The van der Waals surface area contributed by atoms with Gasteiger partial charge in [0.15, 0.2) is 11.6 Å². The van der Waals surface area contributed by atoms with Gasteiger partial charge in [-0.05, 0) is 32.0 Å². The molecule has 2 aliphatic heterocycles. The molecule has 8 nitrogen and oxygen atoms in total. The summed E-state index contributed by atoms with van der Waals surface area (Å²) in [5.41, 5.74) is 0.0530. The van der Waals surface area contributed by atoms with E-state index in [-0.39, 0.29) is 35.0 Å².